The summed E-state index contributed by atoms with van der Waals surface area (Å²) in [5, 5.41) is 3.47. The second-order valence-electron chi connectivity index (χ2n) is 8.90. The molecule has 0 saturated heterocycles. The molecule has 0 radical (unpaired) electrons. The highest BCUT2D eigenvalue weighted by atomic mass is 79.9. The van der Waals surface area contributed by atoms with Gasteiger partial charge in [-0.05, 0) is 49.6 Å². The van der Waals surface area contributed by atoms with Gasteiger partial charge in [-0.15, -0.1) is 0 Å². The lowest BCUT2D eigenvalue weighted by Gasteiger charge is -2.32. The molecular formula is C29H32BrClN2O3. The number of ether oxygens (including phenoxy) is 1. The predicted octanol–water partition coefficient (Wildman–Crippen LogP) is 6.34. The SMILES string of the molecule is CC[C@H](C)NC(=O)[C@H](Cc1ccccc1)N(Cc1cccc(C)c1)C(=O)COc1ccc(Br)cc1Cl. The molecule has 3 rings (SSSR count). The zero-order valence-corrected chi connectivity index (χ0v) is 23.2. The molecule has 5 nitrogen and oxygen atoms in total. The van der Waals surface area contributed by atoms with E-state index >= 15 is 0 Å². The van der Waals surface area contributed by atoms with Crippen molar-refractivity contribution >= 4 is 39.3 Å². The van der Waals surface area contributed by atoms with Gasteiger partial charge in [0, 0.05) is 23.5 Å². The number of aryl methyl sites for hydroxylation is 1. The third-order valence-electron chi connectivity index (χ3n) is 5.95. The van der Waals surface area contributed by atoms with E-state index in [1.165, 1.54) is 0 Å². The van der Waals surface area contributed by atoms with Crippen molar-refractivity contribution in [1.82, 2.24) is 10.2 Å². The van der Waals surface area contributed by atoms with Crippen LogP contribution in [-0.2, 0) is 22.6 Å². The molecule has 0 fully saturated rings. The molecule has 0 heterocycles. The molecule has 1 N–H and O–H groups in total. The number of amides is 2. The van der Waals surface area contributed by atoms with Gasteiger partial charge in [-0.25, -0.2) is 0 Å². The minimum atomic E-state index is -0.710. The van der Waals surface area contributed by atoms with Crippen LogP contribution in [0.25, 0.3) is 0 Å². The molecule has 7 heteroatoms. The van der Waals surface area contributed by atoms with Gasteiger partial charge < -0.3 is 15.0 Å². The fraction of sp³-hybridized carbons (Fsp3) is 0.310. The molecule has 0 bridgehead atoms. The largest absolute Gasteiger partial charge is 0.482 e. The van der Waals surface area contributed by atoms with Crippen LogP contribution in [0.1, 0.15) is 37.0 Å². The van der Waals surface area contributed by atoms with Gasteiger partial charge in [-0.3, -0.25) is 9.59 Å². The Kier molecular flexibility index (Phi) is 10.4. The Hall–Kier alpha value is -2.83. The molecule has 3 aromatic rings. The Morgan fingerprint density at radius 3 is 2.42 bits per heavy atom. The van der Waals surface area contributed by atoms with Crippen LogP contribution in [0.5, 0.6) is 5.75 Å². The van der Waals surface area contributed by atoms with Gasteiger partial charge in [-0.1, -0.05) is 94.6 Å². The Morgan fingerprint density at radius 2 is 1.75 bits per heavy atom. The number of benzene rings is 3. The maximum absolute atomic E-state index is 13.6. The van der Waals surface area contributed by atoms with Crippen molar-refractivity contribution in [3.8, 4) is 5.75 Å². The predicted molar refractivity (Wildman–Crippen MR) is 148 cm³/mol. The van der Waals surface area contributed by atoms with Crippen LogP contribution in [0.15, 0.2) is 77.3 Å². The summed E-state index contributed by atoms with van der Waals surface area (Å²) < 4.78 is 6.62. The quantitative estimate of drug-likeness (QED) is 0.292. The van der Waals surface area contributed by atoms with Crippen LogP contribution in [0, 0.1) is 6.92 Å². The molecule has 190 valence electrons. The number of hydrogen-bond acceptors (Lipinski definition) is 3. The number of nitrogens with one attached hydrogen (secondary N) is 1. The first-order chi connectivity index (χ1) is 17.3. The van der Waals surface area contributed by atoms with E-state index in [4.69, 9.17) is 16.3 Å². The number of halogens is 2. The van der Waals surface area contributed by atoms with E-state index in [1.807, 2.05) is 75.4 Å². The monoisotopic (exact) mass is 570 g/mol. The lowest BCUT2D eigenvalue weighted by atomic mass is 10.0. The molecule has 0 aliphatic heterocycles. The Balaban J connectivity index is 1.92. The Bertz CT molecular complexity index is 1170. The zero-order chi connectivity index (χ0) is 26.1. The third kappa shape index (κ3) is 8.10. The molecule has 0 spiro atoms. The highest BCUT2D eigenvalue weighted by molar-refractivity contribution is 9.10. The summed E-state index contributed by atoms with van der Waals surface area (Å²) in [6.45, 7) is 6.02. The smallest absolute Gasteiger partial charge is 0.261 e. The van der Waals surface area contributed by atoms with Crippen molar-refractivity contribution in [3.05, 3.63) is 99.0 Å². The average Bonchev–Trinajstić information content (AvgIpc) is 2.86. The summed E-state index contributed by atoms with van der Waals surface area (Å²) >= 11 is 9.66. The third-order valence-corrected chi connectivity index (χ3v) is 6.74. The maximum atomic E-state index is 13.6. The summed E-state index contributed by atoms with van der Waals surface area (Å²) in [6, 6.07) is 22.2. The van der Waals surface area contributed by atoms with Crippen LogP contribution in [0.3, 0.4) is 0 Å². The van der Waals surface area contributed by atoms with E-state index in [0.717, 1.165) is 27.6 Å². The van der Waals surface area contributed by atoms with Gasteiger partial charge in [0.15, 0.2) is 6.61 Å². The van der Waals surface area contributed by atoms with Crippen molar-refractivity contribution in [2.75, 3.05) is 6.61 Å². The van der Waals surface area contributed by atoms with Gasteiger partial charge in [-0.2, -0.15) is 0 Å². The Morgan fingerprint density at radius 1 is 1.03 bits per heavy atom. The summed E-state index contributed by atoms with van der Waals surface area (Å²) in [7, 11) is 0. The van der Waals surface area contributed by atoms with Crippen molar-refractivity contribution in [3.63, 3.8) is 0 Å². The lowest BCUT2D eigenvalue weighted by molar-refractivity contribution is -0.143. The number of carbonyl (C=O) groups is 2. The second-order valence-corrected chi connectivity index (χ2v) is 10.2. The molecule has 0 aliphatic rings. The fourth-order valence-electron chi connectivity index (χ4n) is 3.82. The first-order valence-corrected chi connectivity index (χ1v) is 13.2. The van der Waals surface area contributed by atoms with Crippen LogP contribution in [0.2, 0.25) is 5.02 Å². The summed E-state index contributed by atoms with van der Waals surface area (Å²) in [5.74, 6) is -0.0704. The summed E-state index contributed by atoms with van der Waals surface area (Å²) in [4.78, 5) is 28.8. The van der Waals surface area contributed by atoms with Gasteiger partial charge >= 0.3 is 0 Å². The van der Waals surface area contributed by atoms with Crippen molar-refractivity contribution in [2.45, 2.75) is 52.2 Å². The van der Waals surface area contributed by atoms with Crippen LogP contribution < -0.4 is 10.1 Å². The number of rotatable bonds is 11. The molecule has 0 aliphatic carbocycles. The van der Waals surface area contributed by atoms with Crippen LogP contribution in [0.4, 0.5) is 0 Å². The highest BCUT2D eigenvalue weighted by Crippen LogP contribution is 2.28. The number of hydrogen-bond donors (Lipinski definition) is 1. The maximum Gasteiger partial charge on any atom is 0.261 e. The van der Waals surface area contributed by atoms with E-state index in [0.29, 0.717) is 17.2 Å². The van der Waals surface area contributed by atoms with Crippen LogP contribution in [-0.4, -0.2) is 35.4 Å². The highest BCUT2D eigenvalue weighted by Gasteiger charge is 2.31. The standard InChI is InChI=1S/C29H32BrClN2O3/c1-4-21(3)32-29(35)26(16-22-10-6-5-7-11-22)33(18-23-12-8-9-20(2)15-23)28(34)19-36-27-14-13-24(30)17-25(27)31/h5-15,17,21,26H,4,16,18-19H2,1-3H3,(H,32,35)/t21-,26-/m0/s1. The first-order valence-electron chi connectivity index (χ1n) is 12.0. The van der Waals surface area contributed by atoms with E-state index in [-0.39, 0.29) is 31.0 Å². The first kappa shape index (κ1) is 27.8. The molecule has 36 heavy (non-hydrogen) atoms. The molecule has 2 amide bonds. The molecule has 3 aromatic carbocycles. The van der Waals surface area contributed by atoms with E-state index < -0.39 is 6.04 Å². The van der Waals surface area contributed by atoms with Gasteiger partial charge in [0.25, 0.3) is 5.91 Å². The van der Waals surface area contributed by atoms with E-state index in [9.17, 15) is 9.59 Å². The van der Waals surface area contributed by atoms with Crippen molar-refractivity contribution in [2.24, 2.45) is 0 Å². The normalized spacial score (nSPS) is 12.5. The van der Waals surface area contributed by atoms with Gasteiger partial charge in [0.1, 0.15) is 11.8 Å². The van der Waals surface area contributed by atoms with E-state index in [2.05, 4.69) is 21.2 Å². The van der Waals surface area contributed by atoms with Crippen LogP contribution >= 0.6 is 27.5 Å². The molecule has 2 atom stereocenters. The van der Waals surface area contributed by atoms with Gasteiger partial charge in [0.2, 0.25) is 5.91 Å². The second kappa shape index (κ2) is 13.5. The topological polar surface area (TPSA) is 58.6 Å². The summed E-state index contributed by atoms with van der Waals surface area (Å²) in [5.41, 5.74) is 3.00. The number of carbonyl (C=O) groups excluding carboxylic acids is 2. The summed E-state index contributed by atoms with van der Waals surface area (Å²) in [6.07, 6.45) is 1.18. The van der Waals surface area contributed by atoms with E-state index in [1.54, 1.807) is 23.1 Å². The molecule has 0 saturated carbocycles. The average molecular weight is 572 g/mol. The minimum absolute atomic E-state index is 0.00971. The van der Waals surface area contributed by atoms with Crippen molar-refractivity contribution < 1.29 is 14.3 Å². The zero-order valence-electron chi connectivity index (χ0n) is 20.8. The van der Waals surface area contributed by atoms with Crippen molar-refractivity contribution in [1.29, 1.82) is 0 Å². The molecular weight excluding hydrogens is 540 g/mol. The number of nitrogens with zero attached hydrogens (tertiary/aromatic N) is 1. The molecule has 0 aromatic heterocycles. The Labute approximate surface area is 226 Å². The fourth-order valence-corrected chi connectivity index (χ4v) is 4.54. The van der Waals surface area contributed by atoms with Gasteiger partial charge in [0.05, 0.1) is 5.02 Å². The lowest BCUT2D eigenvalue weighted by Crippen LogP contribution is -2.53. The molecule has 0 unspecified atom stereocenters. The minimum Gasteiger partial charge on any atom is -0.482 e.